The summed E-state index contributed by atoms with van der Waals surface area (Å²) in [6, 6.07) is 11.6. The van der Waals surface area contributed by atoms with Gasteiger partial charge >= 0.3 is 6.18 Å². The van der Waals surface area contributed by atoms with Crippen LogP contribution in [0.25, 0.3) is 0 Å². The second-order valence-corrected chi connectivity index (χ2v) is 7.63. The Labute approximate surface area is 186 Å². The summed E-state index contributed by atoms with van der Waals surface area (Å²) in [5.41, 5.74) is 0.359. The lowest BCUT2D eigenvalue weighted by molar-refractivity contribution is -0.141. The zero-order valence-corrected chi connectivity index (χ0v) is 18.2. The van der Waals surface area contributed by atoms with Gasteiger partial charge in [-0.2, -0.15) is 13.2 Å². The van der Waals surface area contributed by atoms with Crippen molar-refractivity contribution >= 4 is 11.9 Å². The van der Waals surface area contributed by atoms with Crippen molar-refractivity contribution in [1.29, 1.82) is 0 Å². The molecule has 2 heterocycles. The number of hydrogen-bond donors (Lipinski definition) is 3. The van der Waals surface area contributed by atoms with Crippen molar-refractivity contribution < 1.29 is 13.2 Å². The fourth-order valence-electron chi connectivity index (χ4n) is 3.53. The summed E-state index contributed by atoms with van der Waals surface area (Å²) >= 11 is 0. The number of aromatic nitrogens is 2. The van der Waals surface area contributed by atoms with E-state index in [0.29, 0.717) is 25.1 Å². The Balaban J connectivity index is 1.43. The second kappa shape index (κ2) is 11.7. The predicted octanol–water partition coefficient (Wildman–Crippen LogP) is 3.13. The lowest BCUT2D eigenvalue weighted by Crippen LogP contribution is -2.48. The number of rotatable bonds is 8. The van der Waals surface area contributed by atoms with E-state index in [2.05, 4.69) is 60.1 Å². The van der Waals surface area contributed by atoms with Crippen LogP contribution in [0.15, 0.2) is 47.6 Å². The third-order valence-corrected chi connectivity index (χ3v) is 5.13. The van der Waals surface area contributed by atoms with E-state index in [0.717, 1.165) is 51.3 Å². The number of anilines is 1. The van der Waals surface area contributed by atoms with Gasteiger partial charge in [0.25, 0.3) is 0 Å². The Bertz CT molecular complexity index is 850. The lowest BCUT2D eigenvalue weighted by atomic mass is 10.0. The van der Waals surface area contributed by atoms with Crippen molar-refractivity contribution in [2.75, 3.05) is 38.0 Å². The molecule has 0 atom stereocenters. The van der Waals surface area contributed by atoms with Crippen molar-refractivity contribution in [2.45, 2.75) is 38.5 Å². The number of halogens is 3. The van der Waals surface area contributed by atoms with Crippen molar-refractivity contribution in [3.8, 4) is 0 Å². The Hall–Kier alpha value is -2.88. The summed E-state index contributed by atoms with van der Waals surface area (Å²) in [4.78, 5) is 14.3. The van der Waals surface area contributed by atoms with Crippen LogP contribution in [-0.4, -0.2) is 59.6 Å². The third kappa shape index (κ3) is 7.67. The van der Waals surface area contributed by atoms with E-state index >= 15 is 0 Å². The number of piperidine rings is 1. The average molecular weight is 450 g/mol. The number of guanidine groups is 1. The van der Waals surface area contributed by atoms with Gasteiger partial charge in [0.05, 0.1) is 6.54 Å². The molecule has 0 radical (unpaired) electrons. The molecule has 1 aromatic carbocycles. The fourth-order valence-corrected chi connectivity index (χ4v) is 3.53. The smallest absolute Gasteiger partial charge is 0.357 e. The molecule has 1 fully saturated rings. The van der Waals surface area contributed by atoms with Gasteiger partial charge in [-0.1, -0.05) is 30.3 Å². The Morgan fingerprint density at radius 2 is 1.91 bits per heavy atom. The number of nitrogens with zero attached hydrogens (tertiary/aromatic N) is 4. The Morgan fingerprint density at radius 1 is 1.16 bits per heavy atom. The Kier molecular flexibility index (Phi) is 8.66. The van der Waals surface area contributed by atoms with E-state index < -0.39 is 11.9 Å². The average Bonchev–Trinajstić information content (AvgIpc) is 2.78. The highest BCUT2D eigenvalue weighted by molar-refractivity contribution is 5.80. The second-order valence-electron chi connectivity index (χ2n) is 7.63. The molecule has 10 heteroatoms. The highest BCUT2D eigenvalue weighted by atomic mass is 19.4. The number of nitrogens with one attached hydrogen (secondary N) is 3. The van der Waals surface area contributed by atoms with Crippen LogP contribution < -0.4 is 16.0 Å². The number of hydrogen-bond acceptors (Lipinski definition) is 5. The summed E-state index contributed by atoms with van der Waals surface area (Å²) in [6.07, 6.45) is -1.35. The van der Waals surface area contributed by atoms with Crippen LogP contribution in [-0.2, 0) is 12.7 Å². The van der Waals surface area contributed by atoms with E-state index in [1.165, 1.54) is 5.56 Å². The maximum absolute atomic E-state index is 12.7. The van der Waals surface area contributed by atoms with Crippen molar-refractivity contribution in [2.24, 2.45) is 4.99 Å². The SMILES string of the molecule is CCNC(=NCCNc1nccc(C(F)(F)F)n1)NC1CCN(Cc2ccccc2)CC1. The van der Waals surface area contributed by atoms with Crippen LogP contribution in [0.3, 0.4) is 0 Å². The van der Waals surface area contributed by atoms with E-state index in [9.17, 15) is 13.2 Å². The molecule has 7 nitrogen and oxygen atoms in total. The van der Waals surface area contributed by atoms with Crippen LogP contribution in [0.1, 0.15) is 31.0 Å². The lowest BCUT2D eigenvalue weighted by Gasteiger charge is -2.33. The minimum atomic E-state index is -4.49. The molecule has 1 saturated heterocycles. The van der Waals surface area contributed by atoms with Crippen LogP contribution >= 0.6 is 0 Å². The van der Waals surface area contributed by atoms with E-state index in [4.69, 9.17) is 0 Å². The standard InChI is InChI=1S/C22H30F3N7/c1-2-26-20(28-12-13-29-21-27-11-8-19(31-21)22(23,24)25)30-18-9-14-32(15-10-18)16-17-6-4-3-5-7-17/h3-8,11,18H,2,9-10,12-16H2,1H3,(H2,26,28,30)(H,27,29,31). The maximum Gasteiger partial charge on any atom is 0.433 e. The first-order valence-corrected chi connectivity index (χ1v) is 10.9. The fraction of sp³-hybridized carbons (Fsp3) is 0.500. The zero-order valence-electron chi connectivity index (χ0n) is 18.2. The molecule has 32 heavy (non-hydrogen) atoms. The molecule has 0 aliphatic carbocycles. The van der Waals surface area contributed by atoms with Gasteiger partial charge in [0, 0.05) is 45.0 Å². The van der Waals surface area contributed by atoms with Crippen LogP contribution in [0.5, 0.6) is 0 Å². The number of benzene rings is 1. The summed E-state index contributed by atoms with van der Waals surface area (Å²) in [7, 11) is 0. The molecule has 2 aromatic rings. The number of aliphatic imine (C=N–C) groups is 1. The molecule has 0 amide bonds. The quantitative estimate of drug-likeness (QED) is 0.327. The van der Waals surface area contributed by atoms with Gasteiger partial charge in [0.15, 0.2) is 5.96 Å². The molecule has 1 aliphatic heterocycles. The van der Waals surface area contributed by atoms with Crippen LogP contribution in [0.4, 0.5) is 19.1 Å². The molecule has 0 spiro atoms. The van der Waals surface area contributed by atoms with E-state index in [-0.39, 0.29) is 5.95 Å². The predicted molar refractivity (Wildman–Crippen MR) is 119 cm³/mol. The molecular formula is C22H30F3N7. The molecule has 3 rings (SSSR count). The molecule has 1 aromatic heterocycles. The van der Waals surface area contributed by atoms with Gasteiger partial charge < -0.3 is 16.0 Å². The van der Waals surface area contributed by atoms with Gasteiger partial charge in [-0.15, -0.1) is 0 Å². The van der Waals surface area contributed by atoms with Gasteiger partial charge in [0.1, 0.15) is 5.69 Å². The topological polar surface area (TPSA) is 77.5 Å². The van der Waals surface area contributed by atoms with Crippen molar-refractivity contribution in [3.05, 3.63) is 53.9 Å². The molecule has 3 N–H and O–H groups in total. The minimum Gasteiger partial charge on any atom is -0.357 e. The van der Waals surface area contributed by atoms with Crippen molar-refractivity contribution in [1.82, 2.24) is 25.5 Å². The first-order valence-electron chi connectivity index (χ1n) is 10.9. The molecule has 0 unspecified atom stereocenters. The monoisotopic (exact) mass is 449 g/mol. The summed E-state index contributed by atoms with van der Waals surface area (Å²) in [5.74, 6) is 0.652. The summed E-state index contributed by atoms with van der Waals surface area (Å²) < 4.78 is 38.2. The normalized spacial score (nSPS) is 16.1. The first-order chi connectivity index (χ1) is 15.4. The molecule has 174 valence electrons. The molecular weight excluding hydrogens is 419 g/mol. The zero-order chi connectivity index (χ0) is 22.8. The largest absolute Gasteiger partial charge is 0.433 e. The minimum absolute atomic E-state index is 0.0567. The molecule has 0 bridgehead atoms. The summed E-state index contributed by atoms with van der Waals surface area (Å²) in [6.45, 7) is 6.41. The molecule has 1 aliphatic rings. The third-order valence-electron chi connectivity index (χ3n) is 5.13. The van der Waals surface area contributed by atoms with Gasteiger partial charge in [-0.05, 0) is 31.4 Å². The van der Waals surface area contributed by atoms with Crippen LogP contribution in [0.2, 0.25) is 0 Å². The highest BCUT2D eigenvalue weighted by Gasteiger charge is 2.32. The maximum atomic E-state index is 12.7. The number of alkyl halides is 3. The van der Waals surface area contributed by atoms with Gasteiger partial charge in [-0.3, -0.25) is 9.89 Å². The van der Waals surface area contributed by atoms with Crippen LogP contribution in [0, 0.1) is 0 Å². The summed E-state index contributed by atoms with van der Waals surface area (Å²) in [5, 5.41) is 9.50. The van der Waals surface area contributed by atoms with E-state index in [1.54, 1.807) is 0 Å². The molecule has 0 saturated carbocycles. The van der Waals surface area contributed by atoms with E-state index in [1.807, 2.05) is 13.0 Å². The number of likely N-dealkylation sites (tertiary alicyclic amines) is 1. The first kappa shape index (κ1) is 23.8. The van der Waals surface area contributed by atoms with Gasteiger partial charge in [-0.25, -0.2) is 9.97 Å². The van der Waals surface area contributed by atoms with Gasteiger partial charge in [0.2, 0.25) is 5.95 Å². The Morgan fingerprint density at radius 3 is 2.59 bits per heavy atom. The highest BCUT2D eigenvalue weighted by Crippen LogP contribution is 2.27. The van der Waals surface area contributed by atoms with Crippen molar-refractivity contribution in [3.63, 3.8) is 0 Å².